The number of rotatable bonds is 3. The second kappa shape index (κ2) is 7.53. The summed E-state index contributed by atoms with van der Waals surface area (Å²) in [6.45, 7) is 3.66. The van der Waals surface area contributed by atoms with Crippen molar-refractivity contribution in [3.8, 4) is 0 Å². The number of pyridine rings is 1. The number of aryl methyl sites for hydroxylation is 1. The van der Waals surface area contributed by atoms with Gasteiger partial charge in [-0.3, -0.25) is 4.79 Å². The van der Waals surface area contributed by atoms with Crippen LogP contribution in [0.5, 0.6) is 0 Å². The Labute approximate surface area is 155 Å². The second-order valence-electron chi connectivity index (χ2n) is 6.05. The summed E-state index contributed by atoms with van der Waals surface area (Å²) in [6, 6.07) is 9.63. The maximum absolute atomic E-state index is 12.5. The van der Waals surface area contributed by atoms with Gasteiger partial charge in [-0.1, -0.05) is 27.5 Å². The minimum atomic E-state index is 0.0394. The van der Waals surface area contributed by atoms with Crippen LogP contribution in [0.4, 0.5) is 11.5 Å². The van der Waals surface area contributed by atoms with Crippen LogP contribution in [0.2, 0.25) is 5.02 Å². The monoisotopic (exact) mass is 407 g/mol. The Kier molecular flexibility index (Phi) is 5.41. The average molecular weight is 409 g/mol. The zero-order valence-corrected chi connectivity index (χ0v) is 15.8. The van der Waals surface area contributed by atoms with E-state index in [9.17, 15) is 4.79 Å². The van der Waals surface area contributed by atoms with Gasteiger partial charge in [0.15, 0.2) is 0 Å². The molecule has 6 heteroatoms. The maximum Gasteiger partial charge on any atom is 0.227 e. The Morgan fingerprint density at radius 2 is 2.04 bits per heavy atom. The first-order valence-corrected chi connectivity index (χ1v) is 9.13. The van der Waals surface area contributed by atoms with Crippen LogP contribution in [0.15, 0.2) is 41.0 Å². The van der Waals surface area contributed by atoms with Crippen molar-refractivity contribution in [1.29, 1.82) is 0 Å². The second-order valence-corrected chi connectivity index (χ2v) is 7.34. The minimum Gasteiger partial charge on any atom is -0.357 e. The fourth-order valence-electron chi connectivity index (χ4n) is 2.89. The third-order valence-electron chi connectivity index (χ3n) is 4.33. The molecule has 2 aromatic rings. The highest BCUT2D eigenvalue weighted by Crippen LogP contribution is 2.25. The number of hydrogen-bond acceptors (Lipinski definition) is 3. The smallest absolute Gasteiger partial charge is 0.227 e. The van der Waals surface area contributed by atoms with Crippen molar-refractivity contribution in [2.24, 2.45) is 5.92 Å². The SMILES string of the molecule is Cc1cc(NC(=O)C2CCN(c3ccc(Cl)cn3)CC2)ccc1Br. The molecule has 1 aliphatic heterocycles. The highest BCUT2D eigenvalue weighted by atomic mass is 79.9. The largest absolute Gasteiger partial charge is 0.357 e. The number of hydrogen-bond donors (Lipinski definition) is 1. The number of nitrogens with zero attached hydrogens (tertiary/aromatic N) is 2. The van der Waals surface area contributed by atoms with Gasteiger partial charge in [0, 0.05) is 35.4 Å². The van der Waals surface area contributed by atoms with E-state index in [0.717, 1.165) is 47.5 Å². The number of amides is 1. The van der Waals surface area contributed by atoms with Gasteiger partial charge in [0.1, 0.15) is 5.82 Å². The van der Waals surface area contributed by atoms with Crippen LogP contribution in [-0.2, 0) is 4.79 Å². The number of aromatic nitrogens is 1. The molecule has 1 amide bonds. The van der Waals surface area contributed by atoms with Crippen LogP contribution in [0.25, 0.3) is 0 Å². The van der Waals surface area contributed by atoms with Crippen molar-refractivity contribution >= 4 is 44.9 Å². The lowest BCUT2D eigenvalue weighted by Gasteiger charge is -2.32. The normalized spacial score (nSPS) is 15.4. The first-order chi connectivity index (χ1) is 11.5. The molecule has 1 aromatic heterocycles. The number of carbonyl (C=O) groups excluding carboxylic acids is 1. The van der Waals surface area contributed by atoms with Gasteiger partial charge in [0.25, 0.3) is 0 Å². The van der Waals surface area contributed by atoms with Crippen molar-refractivity contribution in [3.05, 3.63) is 51.6 Å². The third kappa shape index (κ3) is 4.08. The number of anilines is 2. The predicted molar refractivity (Wildman–Crippen MR) is 102 cm³/mol. The summed E-state index contributed by atoms with van der Waals surface area (Å²) in [5.41, 5.74) is 1.96. The average Bonchev–Trinajstić information content (AvgIpc) is 2.59. The van der Waals surface area contributed by atoms with Gasteiger partial charge in [-0.25, -0.2) is 4.98 Å². The van der Waals surface area contributed by atoms with Gasteiger partial charge in [-0.05, 0) is 55.7 Å². The molecular formula is C18H19BrClN3O. The molecule has 1 N–H and O–H groups in total. The van der Waals surface area contributed by atoms with E-state index >= 15 is 0 Å². The molecule has 0 aliphatic carbocycles. The quantitative estimate of drug-likeness (QED) is 0.803. The molecule has 1 aromatic carbocycles. The van der Waals surface area contributed by atoms with Crippen molar-refractivity contribution < 1.29 is 4.79 Å². The molecule has 0 spiro atoms. The van der Waals surface area contributed by atoms with Gasteiger partial charge in [-0.15, -0.1) is 0 Å². The molecule has 4 nitrogen and oxygen atoms in total. The fourth-order valence-corrected chi connectivity index (χ4v) is 3.25. The molecule has 2 heterocycles. The van der Waals surface area contributed by atoms with E-state index in [1.54, 1.807) is 6.20 Å². The van der Waals surface area contributed by atoms with Crippen molar-refractivity contribution in [1.82, 2.24) is 4.98 Å². The standard InChI is InChI=1S/C18H19BrClN3O/c1-12-10-15(3-4-16(12)19)22-18(24)13-6-8-23(9-7-13)17-5-2-14(20)11-21-17/h2-5,10-11,13H,6-9H2,1H3,(H,22,24). The summed E-state index contributed by atoms with van der Waals surface area (Å²) in [4.78, 5) is 19.0. The molecule has 1 saturated heterocycles. The van der Waals surface area contributed by atoms with Gasteiger partial charge in [0.05, 0.1) is 5.02 Å². The van der Waals surface area contributed by atoms with Crippen LogP contribution >= 0.6 is 27.5 Å². The fraction of sp³-hybridized carbons (Fsp3) is 0.333. The minimum absolute atomic E-state index is 0.0394. The zero-order chi connectivity index (χ0) is 17.1. The van der Waals surface area contributed by atoms with Crippen LogP contribution in [0.1, 0.15) is 18.4 Å². The van der Waals surface area contributed by atoms with Crippen molar-refractivity contribution in [2.75, 3.05) is 23.3 Å². The number of benzene rings is 1. The van der Waals surface area contributed by atoms with E-state index in [-0.39, 0.29) is 11.8 Å². The number of carbonyl (C=O) groups is 1. The van der Waals surface area contributed by atoms with Crippen molar-refractivity contribution in [2.45, 2.75) is 19.8 Å². The first-order valence-electron chi connectivity index (χ1n) is 7.96. The number of nitrogens with one attached hydrogen (secondary N) is 1. The van der Waals surface area contributed by atoms with Gasteiger partial charge in [0.2, 0.25) is 5.91 Å². The van der Waals surface area contributed by atoms with Crippen molar-refractivity contribution in [3.63, 3.8) is 0 Å². The summed E-state index contributed by atoms with van der Waals surface area (Å²) in [5, 5.41) is 3.67. The van der Waals surface area contributed by atoms with Gasteiger partial charge < -0.3 is 10.2 Å². The Balaban J connectivity index is 1.56. The topological polar surface area (TPSA) is 45.2 Å². The number of piperidine rings is 1. The lowest BCUT2D eigenvalue weighted by molar-refractivity contribution is -0.120. The van der Waals surface area contributed by atoms with Gasteiger partial charge >= 0.3 is 0 Å². The summed E-state index contributed by atoms with van der Waals surface area (Å²) in [6.07, 6.45) is 3.31. The molecule has 1 fully saturated rings. The summed E-state index contributed by atoms with van der Waals surface area (Å²) < 4.78 is 1.05. The zero-order valence-electron chi connectivity index (χ0n) is 13.4. The maximum atomic E-state index is 12.5. The Morgan fingerprint density at radius 3 is 2.67 bits per heavy atom. The Hall–Kier alpha value is -1.59. The molecule has 0 unspecified atom stereocenters. The van der Waals surface area contributed by atoms with E-state index in [2.05, 4.69) is 31.1 Å². The molecule has 0 saturated carbocycles. The van der Waals surface area contributed by atoms with Crippen LogP contribution in [-0.4, -0.2) is 24.0 Å². The number of halogens is 2. The van der Waals surface area contributed by atoms with Crippen LogP contribution in [0.3, 0.4) is 0 Å². The van der Waals surface area contributed by atoms with E-state index < -0.39 is 0 Å². The van der Waals surface area contributed by atoms with E-state index in [4.69, 9.17) is 11.6 Å². The highest BCUT2D eigenvalue weighted by molar-refractivity contribution is 9.10. The molecule has 0 atom stereocenters. The van der Waals surface area contributed by atoms with E-state index in [1.807, 2.05) is 37.3 Å². The molecule has 3 rings (SSSR count). The molecule has 1 aliphatic rings. The summed E-state index contributed by atoms with van der Waals surface area (Å²) >= 11 is 9.35. The van der Waals surface area contributed by atoms with Gasteiger partial charge in [-0.2, -0.15) is 0 Å². The predicted octanol–water partition coefficient (Wildman–Crippen LogP) is 4.66. The van der Waals surface area contributed by atoms with Crippen LogP contribution < -0.4 is 10.2 Å². The van der Waals surface area contributed by atoms with E-state index in [1.165, 1.54) is 0 Å². The van der Waals surface area contributed by atoms with Crippen LogP contribution in [0, 0.1) is 12.8 Å². The molecular weight excluding hydrogens is 390 g/mol. The lowest BCUT2D eigenvalue weighted by Crippen LogP contribution is -2.38. The summed E-state index contributed by atoms with van der Waals surface area (Å²) in [5.74, 6) is 1.06. The van der Waals surface area contributed by atoms with E-state index in [0.29, 0.717) is 5.02 Å². The molecule has 0 radical (unpaired) electrons. The lowest BCUT2D eigenvalue weighted by atomic mass is 9.95. The Morgan fingerprint density at radius 1 is 1.29 bits per heavy atom. The molecule has 24 heavy (non-hydrogen) atoms. The molecule has 0 bridgehead atoms. The highest BCUT2D eigenvalue weighted by Gasteiger charge is 2.25. The Bertz CT molecular complexity index is 728. The summed E-state index contributed by atoms with van der Waals surface area (Å²) in [7, 11) is 0. The third-order valence-corrected chi connectivity index (χ3v) is 5.44. The molecule has 126 valence electrons. The first kappa shape index (κ1) is 17.2.